The number of amides is 3. The molecule has 1 aliphatic heterocycles. The Kier molecular flexibility index (Phi) is 5.23. The average molecular weight is 372 g/mol. The van der Waals surface area contributed by atoms with E-state index in [1.807, 2.05) is 0 Å². The lowest BCUT2D eigenvalue weighted by Crippen LogP contribution is -2.36. The fourth-order valence-corrected chi connectivity index (χ4v) is 3.16. The molecule has 0 bridgehead atoms. The largest absolute Gasteiger partial charge is 0.366 e. The lowest BCUT2D eigenvalue weighted by molar-refractivity contribution is -0.132. The van der Waals surface area contributed by atoms with Crippen LogP contribution in [0.4, 0.5) is 5.69 Å². The van der Waals surface area contributed by atoms with Gasteiger partial charge in [-0.15, -0.1) is 0 Å². The molecule has 1 atom stereocenters. The molecule has 3 N–H and O–H groups in total. The Balaban J connectivity index is 1.63. The number of carbonyl (C=O) groups is 3. The first kappa shape index (κ1) is 17.9. The molecular formula is C19H18ClN3O3. The van der Waals surface area contributed by atoms with Crippen molar-refractivity contribution in [2.45, 2.75) is 13.0 Å². The summed E-state index contributed by atoms with van der Waals surface area (Å²) in [6, 6.07) is 13.7. The number of nitrogens with two attached hydrogens (primary N) is 1. The molecule has 6 nitrogen and oxygen atoms in total. The fraction of sp³-hybridized carbons (Fsp3) is 0.211. The monoisotopic (exact) mass is 371 g/mol. The van der Waals surface area contributed by atoms with Gasteiger partial charge in [0.2, 0.25) is 17.7 Å². The van der Waals surface area contributed by atoms with Gasteiger partial charge in [-0.2, -0.15) is 0 Å². The van der Waals surface area contributed by atoms with E-state index in [4.69, 9.17) is 17.3 Å². The second kappa shape index (κ2) is 7.58. The normalized spacial score (nSPS) is 16.6. The summed E-state index contributed by atoms with van der Waals surface area (Å²) in [7, 11) is 0. The zero-order valence-electron chi connectivity index (χ0n) is 13.9. The molecule has 1 aliphatic rings. The Bertz CT molecular complexity index is 869. The molecule has 26 heavy (non-hydrogen) atoms. The molecule has 1 heterocycles. The third-order valence-electron chi connectivity index (χ3n) is 4.32. The van der Waals surface area contributed by atoms with Crippen LogP contribution >= 0.6 is 11.6 Å². The van der Waals surface area contributed by atoms with Crippen molar-refractivity contribution in [3.05, 3.63) is 64.7 Å². The number of carbonyl (C=O) groups excluding carboxylic acids is 3. The van der Waals surface area contributed by atoms with Gasteiger partial charge in [-0.25, -0.2) is 0 Å². The highest BCUT2D eigenvalue weighted by Gasteiger charge is 2.37. The highest BCUT2D eigenvalue weighted by molar-refractivity contribution is 6.31. The van der Waals surface area contributed by atoms with Crippen LogP contribution in [0.3, 0.4) is 0 Å². The summed E-state index contributed by atoms with van der Waals surface area (Å²) in [4.78, 5) is 37.8. The zero-order valence-corrected chi connectivity index (χ0v) is 14.7. The Morgan fingerprint density at radius 2 is 1.96 bits per heavy atom. The summed E-state index contributed by atoms with van der Waals surface area (Å²) in [6.07, 6.45) is 0.443. The summed E-state index contributed by atoms with van der Waals surface area (Å²) in [5.74, 6) is -1.82. The fourth-order valence-electron chi connectivity index (χ4n) is 2.97. The van der Waals surface area contributed by atoms with Gasteiger partial charge in [0.25, 0.3) is 0 Å². The third-order valence-corrected chi connectivity index (χ3v) is 4.56. The molecule has 1 fully saturated rings. The van der Waals surface area contributed by atoms with Gasteiger partial charge < -0.3 is 16.0 Å². The Labute approximate surface area is 155 Å². The molecule has 7 heteroatoms. The summed E-state index contributed by atoms with van der Waals surface area (Å²) in [5.41, 5.74) is 7.06. The van der Waals surface area contributed by atoms with Crippen LogP contribution in [0.2, 0.25) is 5.02 Å². The summed E-state index contributed by atoms with van der Waals surface area (Å²) in [6.45, 7) is 0.690. The lowest BCUT2D eigenvalue weighted by atomic mass is 10.1. The minimum atomic E-state index is -0.728. The van der Waals surface area contributed by atoms with Crippen LogP contribution in [0.25, 0.3) is 0 Å². The van der Waals surface area contributed by atoms with Crippen LogP contribution in [-0.4, -0.2) is 24.3 Å². The maximum Gasteiger partial charge on any atom is 0.248 e. The molecule has 1 saturated heterocycles. The molecule has 0 spiro atoms. The maximum absolute atomic E-state index is 12.6. The summed E-state index contributed by atoms with van der Waals surface area (Å²) in [5, 5.41) is 3.30. The number of benzene rings is 2. The number of nitrogens with zero attached hydrogens (tertiary/aromatic N) is 1. The topological polar surface area (TPSA) is 92.5 Å². The van der Waals surface area contributed by atoms with Gasteiger partial charge in [0.1, 0.15) is 5.92 Å². The van der Waals surface area contributed by atoms with E-state index in [1.165, 1.54) is 0 Å². The van der Waals surface area contributed by atoms with Crippen LogP contribution in [0.1, 0.15) is 22.3 Å². The zero-order chi connectivity index (χ0) is 18.7. The molecule has 0 saturated carbocycles. The van der Waals surface area contributed by atoms with Crippen molar-refractivity contribution in [1.82, 2.24) is 5.32 Å². The first-order valence-corrected chi connectivity index (χ1v) is 8.57. The standard InChI is InChI=1S/C19H18ClN3O3/c20-14-5-2-6-15(10-14)23-8-7-16(19(23)26)18(25)22-11-12-3-1-4-13(9-12)17(21)24/h1-6,9-10,16H,7-8,11H2,(H2,21,24)(H,22,25). The van der Waals surface area contributed by atoms with Gasteiger partial charge in [0, 0.05) is 29.4 Å². The number of rotatable bonds is 5. The molecule has 0 aromatic heterocycles. The molecule has 1 unspecified atom stereocenters. The van der Waals surface area contributed by atoms with Gasteiger partial charge in [-0.1, -0.05) is 29.8 Å². The quantitative estimate of drug-likeness (QED) is 0.788. The Morgan fingerprint density at radius 3 is 2.69 bits per heavy atom. The van der Waals surface area contributed by atoms with E-state index < -0.39 is 11.8 Å². The first-order chi connectivity index (χ1) is 12.5. The highest BCUT2D eigenvalue weighted by Crippen LogP contribution is 2.27. The summed E-state index contributed by atoms with van der Waals surface area (Å²) >= 11 is 5.97. The second-order valence-corrected chi connectivity index (χ2v) is 6.53. The van der Waals surface area contributed by atoms with Gasteiger partial charge in [-0.3, -0.25) is 14.4 Å². The molecule has 2 aromatic carbocycles. The minimum Gasteiger partial charge on any atom is -0.366 e. The third kappa shape index (κ3) is 3.86. The lowest BCUT2D eigenvalue weighted by Gasteiger charge is -2.17. The average Bonchev–Trinajstić information content (AvgIpc) is 3.01. The van der Waals surface area contributed by atoms with Gasteiger partial charge >= 0.3 is 0 Å². The van der Waals surface area contributed by atoms with Crippen molar-refractivity contribution in [3.63, 3.8) is 0 Å². The van der Waals surface area contributed by atoms with Crippen LogP contribution in [0, 0.1) is 5.92 Å². The second-order valence-electron chi connectivity index (χ2n) is 6.09. The number of hydrogen-bond acceptors (Lipinski definition) is 3. The van der Waals surface area contributed by atoms with Crippen LogP contribution in [0.5, 0.6) is 0 Å². The number of anilines is 1. The van der Waals surface area contributed by atoms with E-state index in [-0.39, 0.29) is 18.4 Å². The predicted octanol–water partition coefficient (Wildman–Crippen LogP) is 2.11. The maximum atomic E-state index is 12.6. The Morgan fingerprint density at radius 1 is 1.19 bits per heavy atom. The van der Waals surface area contributed by atoms with E-state index in [2.05, 4.69) is 5.32 Å². The van der Waals surface area contributed by atoms with Gasteiger partial charge in [0.05, 0.1) is 0 Å². The van der Waals surface area contributed by atoms with Crippen molar-refractivity contribution in [1.29, 1.82) is 0 Å². The molecule has 3 amide bonds. The van der Waals surface area contributed by atoms with Gasteiger partial charge in [-0.05, 0) is 42.3 Å². The predicted molar refractivity (Wildman–Crippen MR) is 98.7 cm³/mol. The van der Waals surface area contributed by atoms with Crippen molar-refractivity contribution in [3.8, 4) is 0 Å². The number of halogens is 1. The highest BCUT2D eigenvalue weighted by atomic mass is 35.5. The van der Waals surface area contributed by atoms with E-state index in [0.29, 0.717) is 29.2 Å². The molecule has 0 radical (unpaired) electrons. The van der Waals surface area contributed by atoms with E-state index in [1.54, 1.807) is 53.4 Å². The van der Waals surface area contributed by atoms with Crippen LogP contribution < -0.4 is 16.0 Å². The molecule has 0 aliphatic carbocycles. The van der Waals surface area contributed by atoms with Crippen molar-refractivity contribution < 1.29 is 14.4 Å². The smallest absolute Gasteiger partial charge is 0.248 e. The molecular weight excluding hydrogens is 354 g/mol. The van der Waals surface area contributed by atoms with Crippen molar-refractivity contribution >= 4 is 35.0 Å². The van der Waals surface area contributed by atoms with E-state index in [9.17, 15) is 14.4 Å². The van der Waals surface area contributed by atoms with E-state index >= 15 is 0 Å². The Hall–Kier alpha value is -2.86. The number of primary amides is 1. The van der Waals surface area contributed by atoms with Crippen molar-refractivity contribution in [2.75, 3.05) is 11.4 Å². The van der Waals surface area contributed by atoms with Crippen molar-refractivity contribution in [2.24, 2.45) is 11.7 Å². The number of hydrogen-bond donors (Lipinski definition) is 2. The minimum absolute atomic E-state index is 0.223. The SMILES string of the molecule is NC(=O)c1cccc(CNC(=O)C2CCN(c3cccc(Cl)c3)C2=O)c1. The van der Waals surface area contributed by atoms with Gasteiger partial charge in [0.15, 0.2) is 0 Å². The molecule has 3 rings (SSSR count). The van der Waals surface area contributed by atoms with Crippen LogP contribution in [-0.2, 0) is 16.1 Å². The molecule has 2 aromatic rings. The van der Waals surface area contributed by atoms with E-state index in [0.717, 1.165) is 5.56 Å². The number of nitrogens with one attached hydrogen (secondary N) is 1. The first-order valence-electron chi connectivity index (χ1n) is 8.19. The molecule has 134 valence electrons. The van der Waals surface area contributed by atoms with Crippen LogP contribution in [0.15, 0.2) is 48.5 Å². The summed E-state index contributed by atoms with van der Waals surface area (Å²) < 4.78 is 0.